The molecule has 0 atom stereocenters. The Bertz CT molecular complexity index is 851. The van der Waals surface area contributed by atoms with Crippen molar-refractivity contribution in [2.24, 2.45) is 0 Å². The molecule has 0 unspecified atom stereocenters. The van der Waals surface area contributed by atoms with E-state index in [0.29, 0.717) is 17.1 Å². The van der Waals surface area contributed by atoms with Crippen LogP contribution in [-0.2, 0) is 0 Å². The zero-order valence-corrected chi connectivity index (χ0v) is 14.0. The first-order valence-corrected chi connectivity index (χ1v) is 7.95. The first-order chi connectivity index (χ1) is 11.6. The monoisotopic (exact) mass is 385 g/mol. The van der Waals surface area contributed by atoms with Gasteiger partial charge in [-0.2, -0.15) is 0 Å². The fourth-order valence-electron chi connectivity index (χ4n) is 2.05. The molecule has 0 saturated carbocycles. The molecule has 0 radical (unpaired) electrons. The lowest BCUT2D eigenvalue weighted by Crippen LogP contribution is -2.12. The predicted octanol–water partition coefficient (Wildman–Crippen LogP) is 4.98. The maximum atomic E-state index is 12.9. The van der Waals surface area contributed by atoms with Crippen LogP contribution in [0.1, 0.15) is 10.4 Å². The van der Waals surface area contributed by atoms with Crippen LogP contribution in [0, 0.1) is 5.82 Å². The van der Waals surface area contributed by atoms with Gasteiger partial charge in [0.05, 0.1) is 17.6 Å². The highest BCUT2D eigenvalue weighted by Gasteiger charge is 2.07. The number of anilines is 3. The largest absolute Gasteiger partial charge is 0.339 e. The molecule has 0 spiro atoms. The van der Waals surface area contributed by atoms with E-state index in [-0.39, 0.29) is 11.7 Å². The molecule has 4 nitrogen and oxygen atoms in total. The maximum Gasteiger partial charge on any atom is 0.255 e. The number of carbonyl (C=O) groups is 1. The summed E-state index contributed by atoms with van der Waals surface area (Å²) in [5, 5.41) is 5.90. The summed E-state index contributed by atoms with van der Waals surface area (Å²) in [4.78, 5) is 16.3. The Balaban J connectivity index is 1.67. The summed E-state index contributed by atoms with van der Waals surface area (Å²) < 4.78 is 13.8. The van der Waals surface area contributed by atoms with E-state index < -0.39 is 0 Å². The molecule has 0 bridgehead atoms. The molecule has 0 fully saturated rings. The second-order valence-corrected chi connectivity index (χ2v) is 5.85. The topological polar surface area (TPSA) is 54.0 Å². The number of rotatable bonds is 4. The van der Waals surface area contributed by atoms with E-state index in [0.717, 1.165) is 10.2 Å². The van der Waals surface area contributed by atoms with Gasteiger partial charge < -0.3 is 10.6 Å². The Labute approximate surface area is 146 Å². The maximum absolute atomic E-state index is 12.9. The van der Waals surface area contributed by atoms with Crippen LogP contribution >= 0.6 is 15.9 Å². The molecule has 1 amide bonds. The summed E-state index contributed by atoms with van der Waals surface area (Å²) in [6, 6.07) is 16.6. The SMILES string of the molecule is O=C(Nc1ccc(Nc2ccccc2Br)nc1)c1ccc(F)cc1. The number of hydrogen-bond acceptors (Lipinski definition) is 3. The summed E-state index contributed by atoms with van der Waals surface area (Å²) >= 11 is 3.46. The average molecular weight is 386 g/mol. The van der Waals surface area contributed by atoms with Gasteiger partial charge in [-0.15, -0.1) is 0 Å². The third-order valence-corrected chi connectivity index (χ3v) is 3.96. The lowest BCUT2D eigenvalue weighted by molar-refractivity contribution is 0.102. The predicted molar refractivity (Wildman–Crippen MR) is 96.0 cm³/mol. The van der Waals surface area contributed by atoms with E-state index >= 15 is 0 Å². The zero-order valence-electron chi connectivity index (χ0n) is 12.5. The van der Waals surface area contributed by atoms with Crippen LogP contribution in [0.3, 0.4) is 0 Å². The Hall–Kier alpha value is -2.73. The van der Waals surface area contributed by atoms with Crippen molar-refractivity contribution in [3.63, 3.8) is 0 Å². The first-order valence-electron chi connectivity index (χ1n) is 7.16. The van der Waals surface area contributed by atoms with Gasteiger partial charge in [0.25, 0.3) is 5.91 Å². The molecule has 3 aromatic rings. The van der Waals surface area contributed by atoms with E-state index in [1.165, 1.54) is 24.3 Å². The first kappa shape index (κ1) is 16.1. The molecule has 120 valence electrons. The summed E-state index contributed by atoms with van der Waals surface area (Å²) in [5.41, 5.74) is 1.84. The van der Waals surface area contributed by atoms with Gasteiger partial charge in [0.1, 0.15) is 11.6 Å². The number of hydrogen-bond donors (Lipinski definition) is 2. The minimum atomic E-state index is -0.379. The highest BCUT2D eigenvalue weighted by atomic mass is 79.9. The third-order valence-electron chi connectivity index (χ3n) is 3.26. The summed E-state index contributed by atoms with van der Waals surface area (Å²) in [7, 11) is 0. The third kappa shape index (κ3) is 3.97. The number of nitrogens with one attached hydrogen (secondary N) is 2. The standard InChI is InChI=1S/C18H13BrFN3O/c19-15-3-1-2-4-16(15)23-17-10-9-14(11-21-17)22-18(24)12-5-7-13(20)8-6-12/h1-11H,(H,21,23)(H,22,24). The van der Waals surface area contributed by atoms with Crippen LogP contribution in [0.15, 0.2) is 71.3 Å². The van der Waals surface area contributed by atoms with Crippen molar-refractivity contribution in [3.8, 4) is 0 Å². The van der Waals surface area contributed by atoms with Crippen molar-refractivity contribution in [1.82, 2.24) is 4.98 Å². The number of nitrogens with zero attached hydrogens (tertiary/aromatic N) is 1. The molecule has 2 aromatic carbocycles. The van der Waals surface area contributed by atoms with Gasteiger partial charge >= 0.3 is 0 Å². The minimum Gasteiger partial charge on any atom is -0.339 e. The Kier molecular flexibility index (Phi) is 4.86. The Morgan fingerprint density at radius 1 is 1.00 bits per heavy atom. The molecule has 0 aliphatic heterocycles. The molecule has 6 heteroatoms. The van der Waals surface area contributed by atoms with Crippen LogP contribution in [0.5, 0.6) is 0 Å². The normalized spacial score (nSPS) is 10.2. The van der Waals surface area contributed by atoms with Crippen LogP contribution in [-0.4, -0.2) is 10.9 Å². The molecule has 0 saturated heterocycles. The van der Waals surface area contributed by atoms with Crippen molar-refractivity contribution in [2.75, 3.05) is 10.6 Å². The van der Waals surface area contributed by atoms with Crippen molar-refractivity contribution >= 4 is 39.0 Å². The number of para-hydroxylation sites is 1. The molecule has 2 N–H and O–H groups in total. The second kappa shape index (κ2) is 7.23. The van der Waals surface area contributed by atoms with Crippen molar-refractivity contribution in [1.29, 1.82) is 0 Å². The summed E-state index contributed by atoms with van der Waals surface area (Å²) in [6.45, 7) is 0. The molecular weight excluding hydrogens is 373 g/mol. The molecule has 0 aliphatic rings. The molecule has 24 heavy (non-hydrogen) atoms. The van der Waals surface area contributed by atoms with Crippen molar-refractivity contribution < 1.29 is 9.18 Å². The van der Waals surface area contributed by atoms with E-state index in [4.69, 9.17) is 0 Å². The minimum absolute atomic E-state index is 0.316. The number of benzene rings is 2. The van der Waals surface area contributed by atoms with E-state index in [9.17, 15) is 9.18 Å². The quantitative estimate of drug-likeness (QED) is 0.665. The van der Waals surface area contributed by atoms with Crippen molar-refractivity contribution in [2.45, 2.75) is 0 Å². The molecular formula is C18H13BrFN3O. The number of aromatic nitrogens is 1. The van der Waals surface area contributed by atoms with E-state index in [1.807, 2.05) is 24.3 Å². The number of carbonyl (C=O) groups excluding carboxylic acids is 1. The highest BCUT2D eigenvalue weighted by Crippen LogP contribution is 2.24. The molecule has 0 aliphatic carbocycles. The van der Waals surface area contributed by atoms with Crippen LogP contribution in [0.2, 0.25) is 0 Å². The second-order valence-electron chi connectivity index (χ2n) is 5.00. The van der Waals surface area contributed by atoms with Gasteiger partial charge in [0.15, 0.2) is 0 Å². The lowest BCUT2D eigenvalue weighted by Gasteiger charge is -2.09. The highest BCUT2D eigenvalue weighted by molar-refractivity contribution is 9.10. The van der Waals surface area contributed by atoms with E-state index in [2.05, 4.69) is 31.5 Å². The number of pyridine rings is 1. The lowest BCUT2D eigenvalue weighted by atomic mass is 10.2. The molecule has 1 heterocycles. The van der Waals surface area contributed by atoms with Gasteiger partial charge in [-0.25, -0.2) is 9.37 Å². The van der Waals surface area contributed by atoms with Crippen molar-refractivity contribution in [3.05, 3.63) is 82.7 Å². The van der Waals surface area contributed by atoms with Gasteiger partial charge in [-0.1, -0.05) is 12.1 Å². The van der Waals surface area contributed by atoms with Gasteiger partial charge in [-0.05, 0) is 64.5 Å². The molecule has 3 rings (SSSR count). The van der Waals surface area contributed by atoms with Gasteiger partial charge in [0, 0.05) is 10.0 Å². The van der Waals surface area contributed by atoms with Gasteiger partial charge in [0.2, 0.25) is 0 Å². The fourth-order valence-corrected chi connectivity index (χ4v) is 2.43. The smallest absolute Gasteiger partial charge is 0.255 e. The zero-order chi connectivity index (χ0) is 16.9. The Morgan fingerprint density at radius 2 is 1.75 bits per heavy atom. The van der Waals surface area contributed by atoms with Gasteiger partial charge in [-0.3, -0.25) is 4.79 Å². The Morgan fingerprint density at radius 3 is 2.42 bits per heavy atom. The van der Waals surface area contributed by atoms with Crippen LogP contribution < -0.4 is 10.6 Å². The van der Waals surface area contributed by atoms with E-state index in [1.54, 1.807) is 18.3 Å². The molecule has 1 aromatic heterocycles. The van der Waals surface area contributed by atoms with Crippen LogP contribution in [0.4, 0.5) is 21.6 Å². The average Bonchev–Trinajstić information content (AvgIpc) is 2.59. The fraction of sp³-hybridized carbons (Fsp3) is 0. The summed E-state index contributed by atoms with van der Waals surface area (Å²) in [6.07, 6.45) is 1.56. The summed E-state index contributed by atoms with van der Waals surface area (Å²) in [5.74, 6) is -0.0410. The number of amides is 1. The number of halogens is 2. The van der Waals surface area contributed by atoms with Crippen LogP contribution in [0.25, 0.3) is 0 Å².